The Bertz CT molecular complexity index is 949. The highest BCUT2D eigenvalue weighted by Gasteiger charge is 2.22. The molecule has 0 amide bonds. The summed E-state index contributed by atoms with van der Waals surface area (Å²) in [4.78, 5) is 0. The molecule has 2 aromatic rings. The van der Waals surface area contributed by atoms with Gasteiger partial charge in [-0.15, -0.1) is 0 Å². The van der Waals surface area contributed by atoms with Gasteiger partial charge in [-0.25, -0.2) is 18.9 Å². The van der Waals surface area contributed by atoms with Crippen molar-refractivity contribution >= 4 is 38.3 Å². The molecule has 0 spiro atoms. The van der Waals surface area contributed by atoms with Crippen LogP contribution < -0.4 is 9.86 Å². The van der Waals surface area contributed by atoms with Crippen LogP contribution in [0.5, 0.6) is 0 Å². The number of nitrogens with zero attached hydrogens (tertiary/aromatic N) is 3. The van der Waals surface area contributed by atoms with Crippen LogP contribution in [0.3, 0.4) is 0 Å². The van der Waals surface area contributed by atoms with E-state index in [2.05, 4.69) is 20.1 Å². The molecule has 142 valence electrons. The third kappa shape index (κ3) is 5.54. The van der Waals surface area contributed by atoms with Crippen molar-refractivity contribution < 1.29 is 26.9 Å². The molecule has 10 nitrogen and oxygen atoms in total. The highest BCUT2D eigenvalue weighted by Crippen LogP contribution is 2.19. The van der Waals surface area contributed by atoms with Gasteiger partial charge in [-0.05, 0) is 28.0 Å². The molecule has 1 aromatic heterocycles. The summed E-state index contributed by atoms with van der Waals surface area (Å²) in [5.41, 5.74) is 0.374. The molecule has 1 unspecified atom stereocenters. The van der Waals surface area contributed by atoms with Crippen molar-refractivity contribution in [2.45, 2.75) is 11.4 Å². The highest BCUT2D eigenvalue weighted by atomic mass is 35.5. The van der Waals surface area contributed by atoms with E-state index in [1.165, 1.54) is 12.1 Å². The van der Waals surface area contributed by atoms with Crippen LogP contribution >= 0.6 is 11.6 Å². The number of halogens is 2. The average molecular weight is 426 g/mol. The number of oxime groups is 1. The van der Waals surface area contributed by atoms with Gasteiger partial charge < -0.3 is 5.21 Å². The first-order valence-corrected chi connectivity index (χ1v) is 10.1. The molecule has 2 rings (SSSR count). The second kappa shape index (κ2) is 8.64. The largest absolute Gasteiger partial charge is 0.411 e. The molecule has 0 radical (unpaired) electrons. The normalized spacial score (nSPS) is 13.7. The SMILES string of the molecule is NS(=O)(=O)NCCS(=O)c1nonc1C(Cc1ccc(F)c(Cl)c1)=NO. The van der Waals surface area contributed by atoms with Crippen molar-refractivity contribution in [1.82, 2.24) is 15.0 Å². The lowest BCUT2D eigenvalue weighted by atomic mass is 10.1. The van der Waals surface area contributed by atoms with Crippen LogP contribution in [0.2, 0.25) is 5.02 Å². The Morgan fingerprint density at radius 1 is 1.46 bits per heavy atom. The summed E-state index contributed by atoms with van der Waals surface area (Å²) < 4.78 is 53.6. The molecule has 0 aliphatic carbocycles. The predicted octanol–water partition coefficient (Wildman–Crippen LogP) is 0.184. The van der Waals surface area contributed by atoms with Crippen LogP contribution in [0.25, 0.3) is 0 Å². The third-order valence-corrected chi connectivity index (χ3v) is 5.18. The van der Waals surface area contributed by atoms with Crippen molar-refractivity contribution in [2.24, 2.45) is 10.3 Å². The van der Waals surface area contributed by atoms with E-state index in [1.54, 1.807) is 0 Å². The molecule has 26 heavy (non-hydrogen) atoms. The minimum Gasteiger partial charge on any atom is -0.411 e. The zero-order chi connectivity index (χ0) is 19.3. The van der Waals surface area contributed by atoms with E-state index in [-0.39, 0.29) is 40.2 Å². The van der Waals surface area contributed by atoms with E-state index in [9.17, 15) is 22.2 Å². The predicted molar refractivity (Wildman–Crippen MR) is 90.1 cm³/mol. The Morgan fingerprint density at radius 2 is 2.19 bits per heavy atom. The maximum absolute atomic E-state index is 13.2. The molecule has 0 fully saturated rings. The van der Waals surface area contributed by atoms with E-state index in [4.69, 9.17) is 16.7 Å². The number of benzene rings is 1. The lowest BCUT2D eigenvalue weighted by Gasteiger charge is -2.05. The molecular formula is C12H13ClFN5O5S2. The Hall–Kier alpha value is -1.93. The molecule has 0 aliphatic rings. The van der Waals surface area contributed by atoms with Gasteiger partial charge in [0.25, 0.3) is 10.2 Å². The summed E-state index contributed by atoms with van der Waals surface area (Å²) in [6.07, 6.45) is -0.0235. The third-order valence-electron chi connectivity index (χ3n) is 3.01. The van der Waals surface area contributed by atoms with Crippen LogP contribution in [0.15, 0.2) is 33.0 Å². The van der Waals surface area contributed by atoms with Crippen LogP contribution in [-0.2, 0) is 27.4 Å². The van der Waals surface area contributed by atoms with Gasteiger partial charge in [-0.1, -0.05) is 22.8 Å². The van der Waals surface area contributed by atoms with Gasteiger partial charge in [0, 0.05) is 18.7 Å². The molecule has 1 aromatic carbocycles. The number of hydrogen-bond acceptors (Lipinski definition) is 8. The molecule has 0 saturated heterocycles. The van der Waals surface area contributed by atoms with Crippen LogP contribution in [0, 0.1) is 5.82 Å². The van der Waals surface area contributed by atoms with Gasteiger partial charge in [0.05, 0.1) is 15.8 Å². The minimum absolute atomic E-state index is 0.0235. The lowest BCUT2D eigenvalue weighted by Crippen LogP contribution is -2.33. The second-order valence-electron chi connectivity index (χ2n) is 4.88. The van der Waals surface area contributed by atoms with Crippen molar-refractivity contribution in [1.29, 1.82) is 0 Å². The van der Waals surface area contributed by atoms with Gasteiger partial charge >= 0.3 is 0 Å². The summed E-state index contributed by atoms with van der Waals surface area (Å²) in [5, 5.41) is 23.9. The van der Waals surface area contributed by atoms with Crippen molar-refractivity contribution in [3.63, 3.8) is 0 Å². The monoisotopic (exact) mass is 425 g/mol. The molecule has 0 bridgehead atoms. The lowest BCUT2D eigenvalue weighted by molar-refractivity contribution is 0.296. The molecule has 0 aliphatic heterocycles. The fourth-order valence-electron chi connectivity index (χ4n) is 1.89. The average Bonchev–Trinajstić information content (AvgIpc) is 3.04. The summed E-state index contributed by atoms with van der Waals surface area (Å²) in [7, 11) is -5.73. The first-order chi connectivity index (χ1) is 12.2. The van der Waals surface area contributed by atoms with Gasteiger partial charge in [-0.3, -0.25) is 4.21 Å². The van der Waals surface area contributed by atoms with Crippen LogP contribution in [-0.4, -0.2) is 46.2 Å². The first-order valence-electron chi connectivity index (χ1n) is 6.85. The van der Waals surface area contributed by atoms with Crippen LogP contribution in [0.4, 0.5) is 4.39 Å². The maximum atomic E-state index is 13.2. The molecule has 4 N–H and O–H groups in total. The zero-order valence-electron chi connectivity index (χ0n) is 12.9. The smallest absolute Gasteiger partial charge is 0.274 e. The molecular weight excluding hydrogens is 413 g/mol. The minimum atomic E-state index is -3.92. The first kappa shape index (κ1) is 20.4. The van der Waals surface area contributed by atoms with E-state index in [0.717, 1.165) is 6.07 Å². The molecule has 1 atom stereocenters. The zero-order valence-corrected chi connectivity index (χ0v) is 15.3. The Kier molecular flexibility index (Phi) is 6.77. The number of hydrogen-bond donors (Lipinski definition) is 3. The Labute approximate surface area is 154 Å². The number of aromatic nitrogens is 2. The van der Waals surface area contributed by atoms with E-state index in [1.807, 2.05) is 4.72 Å². The number of nitrogens with one attached hydrogen (secondary N) is 1. The van der Waals surface area contributed by atoms with Gasteiger partial charge in [-0.2, -0.15) is 8.42 Å². The topological polar surface area (TPSA) is 161 Å². The fraction of sp³-hybridized carbons (Fsp3) is 0.250. The molecule has 14 heteroatoms. The second-order valence-corrected chi connectivity index (χ2v) is 8.15. The number of rotatable bonds is 8. The summed E-state index contributed by atoms with van der Waals surface area (Å²) in [6, 6.07) is 3.90. The highest BCUT2D eigenvalue weighted by molar-refractivity contribution is 7.87. The summed E-state index contributed by atoms with van der Waals surface area (Å²) >= 11 is 5.70. The van der Waals surface area contributed by atoms with E-state index < -0.39 is 26.8 Å². The van der Waals surface area contributed by atoms with Crippen LogP contribution in [0.1, 0.15) is 11.3 Å². The van der Waals surface area contributed by atoms with Crippen molar-refractivity contribution in [2.75, 3.05) is 12.3 Å². The quantitative estimate of drug-likeness (QED) is 0.309. The molecule has 0 saturated carbocycles. The van der Waals surface area contributed by atoms with Crippen molar-refractivity contribution in [3.8, 4) is 0 Å². The number of nitrogens with two attached hydrogens (primary N) is 1. The Morgan fingerprint density at radius 3 is 2.81 bits per heavy atom. The van der Waals surface area contributed by atoms with E-state index >= 15 is 0 Å². The van der Waals surface area contributed by atoms with Crippen molar-refractivity contribution in [3.05, 3.63) is 40.3 Å². The van der Waals surface area contributed by atoms with Gasteiger partial charge in [0.2, 0.25) is 5.03 Å². The standard InChI is InChI=1S/C12H13ClFN5O5S2/c13-8-5-7(1-2-9(8)14)6-10(17-20)11-12(19-24-18-11)25(21)4-3-16-26(15,22)23/h1-2,5,16,20H,3-4,6H2,(H2,15,22,23). The summed E-state index contributed by atoms with van der Waals surface area (Å²) in [6.45, 7) is -0.211. The summed E-state index contributed by atoms with van der Waals surface area (Å²) in [5.74, 6) is -0.774. The van der Waals surface area contributed by atoms with Gasteiger partial charge in [0.15, 0.2) is 5.69 Å². The molecule has 1 heterocycles. The maximum Gasteiger partial charge on any atom is 0.274 e. The van der Waals surface area contributed by atoms with Gasteiger partial charge in [0.1, 0.15) is 11.5 Å². The fourth-order valence-corrected chi connectivity index (χ4v) is 3.58. The van der Waals surface area contributed by atoms with E-state index in [0.29, 0.717) is 5.56 Å². The Balaban J connectivity index is 2.16.